The van der Waals surface area contributed by atoms with Crippen LogP contribution in [0.3, 0.4) is 0 Å². The molecule has 0 bridgehead atoms. The number of benzene rings is 1. The molecule has 130 valence electrons. The maximum atomic E-state index is 12.5. The largest absolute Gasteiger partial charge is 0.481 e. The molecule has 3 rings (SSSR count). The number of amides is 1. The molecule has 25 heavy (non-hydrogen) atoms. The zero-order chi connectivity index (χ0) is 17.8. The van der Waals surface area contributed by atoms with E-state index in [9.17, 15) is 14.7 Å². The third-order valence-corrected chi connectivity index (χ3v) is 6.34. The number of carboxylic acids is 1. The zero-order valence-corrected chi connectivity index (χ0v) is 15.0. The predicted octanol–water partition coefficient (Wildman–Crippen LogP) is 3.74. The van der Waals surface area contributed by atoms with Crippen molar-refractivity contribution < 1.29 is 14.7 Å². The van der Waals surface area contributed by atoms with Crippen molar-refractivity contribution in [1.29, 1.82) is 5.26 Å². The number of nitrogens with zero attached hydrogens (tertiary/aromatic N) is 2. The molecule has 2 aromatic rings. The number of rotatable bonds is 5. The Morgan fingerprint density at radius 1 is 1.36 bits per heavy atom. The second-order valence-corrected chi connectivity index (χ2v) is 8.19. The Morgan fingerprint density at radius 3 is 2.84 bits per heavy atom. The number of hydrogen-bond donors (Lipinski definition) is 2. The molecular formula is C17H17N3O3S2. The molecule has 1 aromatic heterocycles. The lowest BCUT2D eigenvalue weighted by Gasteiger charge is -2.27. The smallest absolute Gasteiger partial charge is 0.307 e. The maximum Gasteiger partial charge on any atom is 0.307 e. The van der Waals surface area contributed by atoms with E-state index in [1.807, 2.05) is 12.1 Å². The summed E-state index contributed by atoms with van der Waals surface area (Å²) >= 11 is 2.86. The topological polar surface area (TPSA) is 103 Å². The van der Waals surface area contributed by atoms with Crippen LogP contribution in [0, 0.1) is 23.2 Å². The van der Waals surface area contributed by atoms with Gasteiger partial charge in [-0.15, -0.1) is 11.3 Å². The minimum atomic E-state index is -0.892. The molecule has 1 fully saturated rings. The molecule has 8 heteroatoms. The number of thiazole rings is 1. The number of nitriles is 1. The fourth-order valence-corrected chi connectivity index (χ4v) is 4.88. The number of nitrogens with one attached hydrogen (secondary N) is 1. The van der Waals surface area contributed by atoms with Gasteiger partial charge < -0.3 is 10.4 Å². The Morgan fingerprint density at radius 2 is 2.12 bits per heavy atom. The van der Waals surface area contributed by atoms with Gasteiger partial charge in [-0.3, -0.25) is 9.59 Å². The van der Waals surface area contributed by atoms with E-state index in [4.69, 9.17) is 5.26 Å². The predicted molar refractivity (Wildman–Crippen MR) is 97.7 cm³/mol. The van der Waals surface area contributed by atoms with Crippen LogP contribution in [0.15, 0.2) is 22.5 Å². The number of carbonyl (C=O) groups excluding carboxylic acids is 1. The first-order chi connectivity index (χ1) is 12.1. The van der Waals surface area contributed by atoms with Crippen molar-refractivity contribution in [2.45, 2.75) is 30.0 Å². The first-order valence-corrected chi connectivity index (χ1v) is 9.82. The number of hydrogen-bond acceptors (Lipinski definition) is 6. The molecule has 0 aliphatic heterocycles. The van der Waals surface area contributed by atoms with Gasteiger partial charge in [-0.2, -0.15) is 5.26 Å². The Bertz CT molecular complexity index is 843. The Balaban J connectivity index is 1.74. The van der Waals surface area contributed by atoms with E-state index in [1.54, 1.807) is 6.07 Å². The van der Waals surface area contributed by atoms with Crippen LogP contribution in [0.1, 0.15) is 25.7 Å². The third kappa shape index (κ3) is 4.11. The minimum absolute atomic E-state index is 0.227. The quantitative estimate of drug-likeness (QED) is 0.772. The second-order valence-electron chi connectivity index (χ2n) is 5.93. The summed E-state index contributed by atoms with van der Waals surface area (Å²) in [5, 5.41) is 20.8. The van der Waals surface area contributed by atoms with Crippen LogP contribution in [0.4, 0.5) is 5.69 Å². The Kier molecular flexibility index (Phi) is 5.56. The van der Waals surface area contributed by atoms with Crippen LogP contribution in [0.25, 0.3) is 10.2 Å². The monoisotopic (exact) mass is 375 g/mol. The number of anilines is 1. The van der Waals surface area contributed by atoms with Crippen molar-refractivity contribution in [3.05, 3.63) is 18.2 Å². The number of carbonyl (C=O) groups is 2. The fraction of sp³-hybridized carbons (Fsp3) is 0.412. The van der Waals surface area contributed by atoms with Gasteiger partial charge in [0.1, 0.15) is 0 Å². The van der Waals surface area contributed by atoms with Gasteiger partial charge >= 0.3 is 5.97 Å². The van der Waals surface area contributed by atoms with Gasteiger partial charge in [-0.05, 0) is 31.0 Å². The first-order valence-electron chi connectivity index (χ1n) is 8.02. The summed E-state index contributed by atoms with van der Waals surface area (Å²) in [6, 6.07) is 7.52. The van der Waals surface area contributed by atoms with E-state index in [1.165, 1.54) is 23.1 Å². The third-order valence-electron chi connectivity index (χ3n) is 4.32. The van der Waals surface area contributed by atoms with Crippen LogP contribution in [-0.4, -0.2) is 27.7 Å². The van der Waals surface area contributed by atoms with E-state index in [2.05, 4.69) is 16.4 Å². The molecule has 0 unspecified atom stereocenters. The fourth-order valence-electron chi connectivity index (χ4n) is 3.11. The van der Waals surface area contributed by atoms with Crippen molar-refractivity contribution in [3.63, 3.8) is 0 Å². The molecule has 1 saturated carbocycles. The molecule has 1 aliphatic carbocycles. The lowest BCUT2D eigenvalue weighted by molar-refractivity contribution is -0.147. The average Bonchev–Trinajstić information content (AvgIpc) is 3.02. The number of fused-ring (bicyclic) bond motifs is 1. The second kappa shape index (κ2) is 7.85. The summed E-state index contributed by atoms with van der Waals surface area (Å²) in [4.78, 5) is 28.3. The number of thioether (sulfide) groups is 1. The van der Waals surface area contributed by atoms with Gasteiger partial charge in [-0.25, -0.2) is 4.98 Å². The molecule has 1 aromatic carbocycles. The van der Waals surface area contributed by atoms with E-state index < -0.39 is 17.8 Å². The van der Waals surface area contributed by atoms with Crippen LogP contribution in [-0.2, 0) is 9.59 Å². The molecule has 0 spiro atoms. The number of aliphatic carboxylic acids is 1. The number of aromatic nitrogens is 1. The lowest BCUT2D eigenvalue weighted by Crippen LogP contribution is -2.36. The Labute approximate surface area is 153 Å². The molecule has 1 heterocycles. The van der Waals surface area contributed by atoms with Crippen LogP contribution < -0.4 is 5.32 Å². The van der Waals surface area contributed by atoms with Gasteiger partial charge in [0.05, 0.1) is 33.9 Å². The summed E-state index contributed by atoms with van der Waals surface area (Å²) in [6.07, 6.45) is 2.91. The van der Waals surface area contributed by atoms with Gasteiger partial charge in [0.25, 0.3) is 0 Å². The summed E-state index contributed by atoms with van der Waals surface area (Å²) in [5.74, 6) is -1.85. The average molecular weight is 375 g/mol. The van der Waals surface area contributed by atoms with Crippen LogP contribution >= 0.6 is 23.1 Å². The van der Waals surface area contributed by atoms with Gasteiger partial charge in [0.2, 0.25) is 5.91 Å². The first kappa shape index (κ1) is 17.7. The molecule has 6 nitrogen and oxygen atoms in total. The highest BCUT2D eigenvalue weighted by molar-refractivity contribution is 8.01. The van der Waals surface area contributed by atoms with Crippen LogP contribution in [0.5, 0.6) is 0 Å². The molecule has 2 atom stereocenters. The summed E-state index contributed by atoms with van der Waals surface area (Å²) < 4.78 is 1.75. The molecular weight excluding hydrogens is 358 g/mol. The minimum Gasteiger partial charge on any atom is -0.481 e. The van der Waals surface area contributed by atoms with E-state index in [0.29, 0.717) is 24.3 Å². The zero-order valence-electron chi connectivity index (χ0n) is 13.4. The highest BCUT2D eigenvalue weighted by Crippen LogP contribution is 2.33. The summed E-state index contributed by atoms with van der Waals surface area (Å²) in [7, 11) is 0. The highest BCUT2D eigenvalue weighted by atomic mass is 32.2. The highest BCUT2D eigenvalue weighted by Gasteiger charge is 2.35. The van der Waals surface area contributed by atoms with E-state index >= 15 is 0 Å². The van der Waals surface area contributed by atoms with Gasteiger partial charge in [0.15, 0.2) is 4.34 Å². The van der Waals surface area contributed by atoms with Gasteiger partial charge in [-0.1, -0.05) is 24.6 Å². The van der Waals surface area contributed by atoms with Crippen molar-refractivity contribution in [2.24, 2.45) is 11.8 Å². The summed E-state index contributed by atoms with van der Waals surface area (Å²) in [5.41, 5.74) is 1.47. The van der Waals surface area contributed by atoms with Crippen molar-refractivity contribution in [1.82, 2.24) is 4.98 Å². The molecule has 1 aliphatic rings. The molecule has 1 amide bonds. The van der Waals surface area contributed by atoms with Crippen LogP contribution in [0.2, 0.25) is 0 Å². The maximum absolute atomic E-state index is 12.5. The Hall–Kier alpha value is -2.11. The van der Waals surface area contributed by atoms with Crippen molar-refractivity contribution in [3.8, 4) is 6.07 Å². The van der Waals surface area contributed by atoms with Gasteiger partial charge in [0, 0.05) is 5.69 Å². The molecule has 0 radical (unpaired) electrons. The van der Waals surface area contributed by atoms with E-state index in [-0.39, 0.29) is 5.91 Å². The normalized spacial score (nSPS) is 20.1. The van der Waals surface area contributed by atoms with Crippen molar-refractivity contribution >= 4 is 50.9 Å². The van der Waals surface area contributed by atoms with Crippen molar-refractivity contribution in [2.75, 3.05) is 11.1 Å². The lowest BCUT2D eigenvalue weighted by atomic mass is 9.78. The summed E-state index contributed by atoms with van der Waals surface area (Å²) in [6.45, 7) is 0. The SMILES string of the molecule is N#CCSc1nc2ccc(NC(=O)[C@H]3CCCC[C@@H]3C(=O)O)cc2s1. The number of carboxylic acid groups (broad SMARTS) is 1. The standard InChI is InChI=1S/C17H17N3O3S2/c18-7-8-24-17-20-13-6-5-10(9-14(13)25-17)19-15(21)11-3-1-2-4-12(11)16(22)23/h5-6,9,11-12H,1-4,8H2,(H,19,21)(H,22,23)/t11-,12-/m0/s1. The molecule has 0 saturated heterocycles. The molecule has 2 N–H and O–H groups in total. The van der Waals surface area contributed by atoms with E-state index in [0.717, 1.165) is 27.4 Å².